The van der Waals surface area contributed by atoms with Crippen LogP contribution in [0.15, 0.2) is 34.0 Å². The first-order valence-electron chi connectivity index (χ1n) is 3.96. The van der Waals surface area contributed by atoms with Crippen molar-refractivity contribution < 1.29 is 15.0 Å². The van der Waals surface area contributed by atoms with Crippen molar-refractivity contribution in [3.8, 4) is 5.75 Å². The number of phenolic OH excluding ortho intramolecular Hbond substituents is 1. The fraction of sp³-hybridized carbons (Fsp3) is 0.100. The molecule has 1 rings (SSSR count). The molecule has 0 bridgehead atoms. The fourth-order valence-corrected chi connectivity index (χ4v) is 3.38. The number of benzene rings is 1. The van der Waals surface area contributed by atoms with Crippen molar-refractivity contribution in [2.75, 3.05) is 0 Å². The average Bonchev–Trinajstić information content (AvgIpc) is 2.01. The van der Waals surface area contributed by atoms with Gasteiger partial charge in [-0.15, -0.1) is 0 Å². The van der Waals surface area contributed by atoms with E-state index in [0.717, 1.165) is 7.23 Å². The number of carboxylic acid groups (broad SMARTS) is 1. The second-order valence-electron chi connectivity index (χ2n) is 2.69. The Bertz CT molecular complexity index is 371. The molecular formula is C10H10O3Te. The summed E-state index contributed by atoms with van der Waals surface area (Å²) < 4.78 is 1.92. The van der Waals surface area contributed by atoms with Crippen LogP contribution >= 0.6 is 0 Å². The van der Waals surface area contributed by atoms with E-state index < -0.39 is 26.9 Å². The predicted octanol–water partition coefficient (Wildman–Crippen LogP) is 0.710. The van der Waals surface area contributed by atoms with Gasteiger partial charge in [-0.2, -0.15) is 0 Å². The molecule has 1 aromatic rings. The van der Waals surface area contributed by atoms with Crippen molar-refractivity contribution in [2.24, 2.45) is 0 Å². The third-order valence-corrected chi connectivity index (χ3v) is 4.08. The first-order valence-corrected chi connectivity index (χ1v) is 6.29. The molecule has 2 N–H and O–H groups in total. The molecule has 14 heavy (non-hydrogen) atoms. The molecule has 0 amide bonds. The number of phenols is 1. The van der Waals surface area contributed by atoms with Crippen LogP contribution in [0, 0.1) is 0 Å². The van der Waals surface area contributed by atoms with Gasteiger partial charge in [0.25, 0.3) is 0 Å². The summed E-state index contributed by atoms with van der Waals surface area (Å²) in [4.78, 5) is 10.4. The molecule has 0 saturated heterocycles. The zero-order valence-corrected chi connectivity index (χ0v) is 9.93. The van der Waals surface area contributed by atoms with E-state index in [0.29, 0.717) is 0 Å². The summed E-state index contributed by atoms with van der Waals surface area (Å²) in [5.74, 6) is -0.677. The average molecular weight is 306 g/mol. The summed E-state index contributed by atoms with van der Waals surface area (Å²) in [5, 5.41) is 17.7. The molecule has 0 aliphatic heterocycles. The molecule has 0 aromatic heterocycles. The van der Waals surface area contributed by atoms with Gasteiger partial charge in [0.15, 0.2) is 0 Å². The molecule has 0 fully saturated rings. The number of aliphatic carboxylic acids is 1. The zero-order valence-electron chi connectivity index (χ0n) is 7.60. The van der Waals surface area contributed by atoms with Crippen molar-refractivity contribution in [3.63, 3.8) is 0 Å². The maximum atomic E-state index is 10.4. The number of rotatable bonds is 3. The first-order chi connectivity index (χ1) is 6.58. The summed E-state index contributed by atoms with van der Waals surface area (Å²) in [6.07, 6.45) is 1.23. The van der Waals surface area contributed by atoms with Crippen LogP contribution in [0.1, 0.15) is 6.92 Å². The van der Waals surface area contributed by atoms with Crippen molar-refractivity contribution in [1.29, 1.82) is 0 Å². The van der Waals surface area contributed by atoms with Crippen molar-refractivity contribution in [3.05, 3.63) is 34.0 Å². The second kappa shape index (κ2) is 5.04. The van der Waals surface area contributed by atoms with Crippen LogP contribution in [0.4, 0.5) is 0 Å². The van der Waals surface area contributed by atoms with Crippen molar-refractivity contribution in [2.45, 2.75) is 6.92 Å². The number of allylic oxidation sites excluding steroid dienone is 1. The Morgan fingerprint density at radius 2 is 2.21 bits per heavy atom. The third-order valence-electron chi connectivity index (χ3n) is 1.42. The van der Waals surface area contributed by atoms with Gasteiger partial charge < -0.3 is 0 Å². The van der Waals surface area contributed by atoms with Gasteiger partial charge in [-0.05, 0) is 0 Å². The van der Waals surface area contributed by atoms with E-state index in [1.807, 2.05) is 6.07 Å². The van der Waals surface area contributed by atoms with E-state index in [2.05, 4.69) is 0 Å². The normalized spacial score (nSPS) is 11.4. The van der Waals surface area contributed by atoms with Crippen LogP contribution in [0.5, 0.6) is 5.75 Å². The van der Waals surface area contributed by atoms with Gasteiger partial charge in [0.2, 0.25) is 0 Å². The van der Waals surface area contributed by atoms with Crippen LogP contribution in [0.2, 0.25) is 0 Å². The minimum absolute atomic E-state index is 0.232. The van der Waals surface area contributed by atoms with Gasteiger partial charge >= 0.3 is 92.1 Å². The molecular weight excluding hydrogens is 296 g/mol. The molecule has 3 nitrogen and oxygen atoms in total. The Morgan fingerprint density at radius 3 is 2.79 bits per heavy atom. The van der Waals surface area contributed by atoms with Crippen LogP contribution in [0.3, 0.4) is 0 Å². The van der Waals surface area contributed by atoms with E-state index in [1.165, 1.54) is 6.08 Å². The van der Waals surface area contributed by atoms with Gasteiger partial charge in [0.05, 0.1) is 0 Å². The van der Waals surface area contributed by atoms with E-state index in [-0.39, 0.29) is 5.75 Å². The van der Waals surface area contributed by atoms with E-state index in [4.69, 9.17) is 5.11 Å². The van der Waals surface area contributed by atoms with Gasteiger partial charge in [-0.25, -0.2) is 0 Å². The first kappa shape index (κ1) is 11.1. The van der Waals surface area contributed by atoms with Crippen molar-refractivity contribution in [1.82, 2.24) is 0 Å². The van der Waals surface area contributed by atoms with Crippen LogP contribution in [0.25, 0.3) is 0 Å². The van der Waals surface area contributed by atoms with E-state index in [9.17, 15) is 9.90 Å². The number of hydrogen-bond acceptors (Lipinski definition) is 2. The number of hydrogen-bond donors (Lipinski definition) is 2. The van der Waals surface area contributed by atoms with E-state index in [1.54, 1.807) is 25.1 Å². The summed E-state index contributed by atoms with van der Waals surface area (Å²) in [6, 6.07) is 6.96. The van der Waals surface area contributed by atoms with Gasteiger partial charge in [0.1, 0.15) is 0 Å². The summed E-state index contributed by atoms with van der Waals surface area (Å²) in [5.41, 5.74) is 0. The SMILES string of the molecule is C/C(=C/C(=O)O)[Te]c1cccc(O)c1. The zero-order chi connectivity index (χ0) is 10.6. The monoisotopic (exact) mass is 308 g/mol. The minimum atomic E-state index is -0.909. The Balaban J connectivity index is 2.74. The molecule has 0 aliphatic rings. The molecule has 0 aliphatic carbocycles. The fourth-order valence-electron chi connectivity index (χ4n) is 0.936. The van der Waals surface area contributed by atoms with Gasteiger partial charge in [-0.3, -0.25) is 0 Å². The molecule has 0 spiro atoms. The molecule has 0 heterocycles. The summed E-state index contributed by atoms with van der Waals surface area (Å²) in [6.45, 7) is 1.81. The summed E-state index contributed by atoms with van der Waals surface area (Å²) >= 11 is -0.649. The van der Waals surface area contributed by atoms with E-state index >= 15 is 0 Å². The second-order valence-corrected chi connectivity index (χ2v) is 6.46. The topological polar surface area (TPSA) is 57.5 Å². The predicted molar refractivity (Wildman–Crippen MR) is 54.9 cm³/mol. The molecule has 74 valence electrons. The van der Waals surface area contributed by atoms with Crippen LogP contribution in [-0.4, -0.2) is 37.1 Å². The summed E-state index contributed by atoms with van der Waals surface area (Å²) in [7, 11) is 0. The Morgan fingerprint density at radius 1 is 1.50 bits per heavy atom. The molecule has 0 saturated carbocycles. The number of carboxylic acids is 1. The maximum absolute atomic E-state index is 10.4. The Kier molecular flexibility index (Phi) is 3.99. The van der Waals surface area contributed by atoms with Crippen LogP contribution < -0.4 is 3.61 Å². The Hall–Kier alpha value is -0.980. The molecule has 0 atom stereocenters. The van der Waals surface area contributed by atoms with Crippen molar-refractivity contribution >= 4 is 30.5 Å². The number of aromatic hydroxyl groups is 1. The molecule has 0 unspecified atom stereocenters. The van der Waals surface area contributed by atoms with Gasteiger partial charge in [0, 0.05) is 0 Å². The molecule has 4 heteroatoms. The Labute approximate surface area is 92.2 Å². The quantitative estimate of drug-likeness (QED) is 0.639. The van der Waals surface area contributed by atoms with Crippen LogP contribution in [-0.2, 0) is 4.79 Å². The van der Waals surface area contributed by atoms with Gasteiger partial charge in [-0.1, -0.05) is 0 Å². The third kappa shape index (κ3) is 3.82. The number of carbonyl (C=O) groups is 1. The molecule has 1 aromatic carbocycles. The molecule has 0 radical (unpaired) electrons. The standard InChI is InChI=1S/C10H10O3Te/c1-7(5-10(12)13)14-9-4-2-3-8(11)6-9/h2-6,11H,1H3,(H,12,13)/b7-5-.